The number of alkyl halides is 3. The predicted molar refractivity (Wildman–Crippen MR) is 76.0 cm³/mol. The summed E-state index contributed by atoms with van der Waals surface area (Å²) < 4.78 is 26.2. The smallest absolute Gasteiger partial charge is 0.266 e. The lowest BCUT2D eigenvalue weighted by molar-refractivity contribution is 0.314. The monoisotopic (exact) mass is 341 g/mol. The number of benzene rings is 1. The highest BCUT2D eigenvalue weighted by Crippen LogP contribution is 2.34. The molecule has 19 heavy (non-hydrogen) atoms. The van der Waals surface area contributed by atoms with E-state index >= 15 is 0 Å². The molecule has 8 heteroatoms. The number of hydrogen-bond acceptors (Lipinski definition) is 4. The van der Waals surface area contributed by atoms with Crippen LogP contribution in [0.2, 0.25) is 0 Å². The molecule has 0 amide bonds. The van der Waals surface area contributed by atoms with Gasteiger partial charge in [0.15, 0.2) is 9.84 Å². The van der Waals surface area contributed by atoms with E-state index in [1.807, 2.05) is 0 Å². The normalized spacial score (nSPS) is 20.0. The minimum Gasteiger partial charge on any atom is -0.475 e. The van der Waals surface area contributed by atoms with Crippen molar-refractivity contribution in [2.24, 2.45) is 4.99 Å². The first-order valence-corrected chi connectivity index (χ1v) is 8.28. The third-order valence-electron chi connectivity index (χ3n) is 2.59. The quantitative estimate of drug-likeness (QED) is 0.777. The average molecular weight is 343 g/mol. The SMILES string of the molecule is CS(=O)(=O)c1ccc(C2COC(C(Cl)(Cl)Cl)=N2)cc1. The molecule has 4 nitrogen and oxygen atoms in total. The first-order chi connectivity index (χ1) is 8.68. The maximum Gasteiger partial charge on any atom is 0.266 e. The van der Waals surface area contributed by atoms with Crippen LogP contribution >= 0.6 is 34.8 Å². The van der Waals surface area contributed by atoms with Crippen molar-refractivity contribution < 1.29 is 13.2 Å². The summed E-state index contributed by atoms with van der Waals surface area (Å²) in [6.45, 7) is 0.265. The summed E-state index contributed by atoms with van der Waals surface area (Å²) >= 11 is 17.0. The molecule has 0 saturated carbocycles. The summed E-state index contributed by atoms with van der Waals surface area (Å²) in [4.78, 5) is 4.42. The molecule has 1 aromatic rings. The van der Waals surface area contributed by atoms with E-state index < -0.39 is 13.6 Å². The number of nitrogens with zero attached hydrogens (tertiary/aromatic N) is 1. The van der Waals surface area contributed by atoms with Crippen LogP contribution in [0.15, 0.2) is 34.2 Å². The van der Waals surface area contributed by atoms with E-state index in [-0.39, 0.29) is 23.4 Å². The first-order valence-electron chi connectivity index (χ1n) is 5.26. The summed E-state index contributed by atoms with van der Waals surface area (Å²) in [6, 6.07) is 6.10. The standard InChI is InChI=1S/C11H10Cl3NO3S/c1-19(16,17)8-4-2-7(3-5-8)9-6-18-10(15-9)11(12,13)14/h2-5,9H,6H2,1H3. The fraction of sp³-hybridized carbons (Fsp3) is 0.364. The van der Waals surface area contributed by atoms with Crippen LogP contribution in [0.25, 0.3) is 0 Å². The highest BCUT2D eigenvalue weighted by molar-refractivity contribution is 7.90. The molecular formula is C11H10Cl3NO3S. The topological polar surface area (TPSA) is 55.7 Å². The van der Waals surface area contributed by atoms with Gasteiger partial charge in [0, 0.05) is 6.26 Å². The zero-order valence-corrected chi connectivity index (χ0v) is 12.9. The third-order valence-corrected chi connectivity index (χ3v) is 4.20. The van der Waals surface area contributed by atoms with Gasteiger partial charge in [0.2, 0.25) is 5.90 Å². The Bertz CT molecular complexity index is 605. The van der Waals surface area contributed by atoms with Gasteiger partial charge in [0.1, 0.15) is 12.6 Å². The fourth-order valence-corrected chi connectivity index (χ4v) is 2.58. The van der Waals surface area contributed by atoms with E-state index in [2.05, 4.69) is 4.99 Å². The molecule has 0 bridgehead atoms. The molecule has 0 saturated heterocycles. The van der Waals surface area contributed by atoms with E-state index in [1.54, 1.807) is 12.1 Å². The van der Waals surface area contributed by atoms with Crippen molar-refractivity contribution in [1.29, 1.82) is 0 Å². The number of ether oxygens (including phenoxy) is 1. The van der Waals surface area contributed by atoms with Crippen LogP contribution in [0, 0.1) is 0 Å². The molecular weight excluding hydrogens is 333 g/mol. The van der Waals surface area contributed by atoms with Gasteiger partial charge in [-0.25, -0.2) is 13.4 Å². The van der Waals surface area contributed by atoms with Crippen molar-refractivity contribution in [3.8, 4) is 0 Å². The third kappa shape index (κ3) is 3.54. The molecule has 0 aliphatic carbocycles. The van der Waals surface area contributed by atoms with Gasteiger partial charge >= 0.3 is 0 Å². The average Bonchev–Trinajstić information content (AvgIpc) is 2.77. The molecule has 1 aliphatic rings. The lowest BCUT2D eigenvalue weighted by atomic mass is 10.1. The zero-order valence-electron chi connectivity index (χ0n) is 9.81. The molecule has 0 spiro atoms. The highest BCUT2D eigenvalue weighted by Gasteiger charge is 2.35. The minimum absolute atomic E-state index is 0.0506. The van der Waals surface area contributed by atoms with Crippen molar-refractivity contribution in [1.82, 2.24) is 0 Å². The Kier molecular flexibility index (Phi) is 4.02. The van der Waals surface area contributed by atoms with Crippen LogP contribution in [0.4, 0.5) is 0 Å². The van der Waals surface area contributed by atoms with Crippen LogP contribution < -0.4 is 0 Å². The van der Waals surface area contributed by atoms with Crippen LogP contribution in [-0.2, 0) is 14.6 Å². The van der Waals surface area contributed by atoms with Crippen molar-refractivity contribution in [2.45, 2.75) is 14.7 Å². The number of halogens is 3. The maximum absolute atomic E-state index is 11.3. The van der Waals surface area contributed by atoms with Gasteiger partial charge in [-0.3, -0.25) is 0 Å². The molecule has 1 atom stereocenters. The van der Waals surface area contributed by atoms with Gasteiger partial charge in [0.05, 0.1) is 4.90 Å². The molecule has 2 rings (SSSR count). The Balaban J connectivity index is 2.24. The van der Waals surface area contributed by atoms with Gasteiger partial charge in [-0.1, -0.05) is 46.9 Å². The van der Waals surface area contributed by atoms with E-state index in [9.17, 15) is 8.42 Å². The second-order valence-electron chi connectivity index (χ2n) is 4.10. The molecule has 0 radical (unpaired) electrons. The van der Waals surface area contributed by atoms with Crippen molar-refractivity contribution in [3.63, 3.8) is 0 Å². The fourth-order valence-electron chi connectivity index (χ4n) is 1.64. The van der Waals surface area contributed by atoms with E-state index in [0.29, 0.717) is 0 Å². The van der Waals surface area contributed by atoms with E-state index in [1.165, 1.54) is 12.1 Å². The van der Waals surface area contributed by atoms with Crippen LogP contribution in [-0.4, -0.2) is 31.0 Å². The van der Waals surface area contributed by atoms with Gasteiger partial charge in [-0.05, 0) is 17.7 Å². The molecule has 1 heterocycles. The number of rotatable bonds is 2. The lowest BCUT2D eigenvalue weighted by Gasteiger charge is -2.08. The summed E-state index contributed by atoms with van der Waals surface area (Å²) in [7, 11) is -3.21. The molecule has 1 aliphatic heterocycles. The molecule has 1 unspecified atom stereocenters. The Hall–Kier alpha value is -0.490. The number of sulfone groups is 1. The summed E-state index contributed by atoms with van der Waals surface area (Å²) in [6.07, 6.45) is 1.15. The Labute approximate surface area is 126 Å². The largest absolute Gasteiger partial charge is 0.475 e. The number of aliphatic imine (C=N–C) groups is 1. The lowest BCUT2D eigenvalue weighted by Crippen LogP contribution is -2.18. The second-order valence-corrected chi connectivity index (χ2v) is 8.40. The Morgan fingerprint density at radius 1 is 1.26 bits per heavy atom. The molecule has 104 valence electrons. The molecule has 0 aromatic heterocycles. The van der Waals surface area contributed by atoms with Gasteiger partial charge in [-0.2, -0.15) is 0 Å². The van der Waals surface area contributed by atoms with Gasteiger partial charge < -0.3 is 4.74 Å². The van der Waals surface area contributed by atoms with E-state index in [4.69, 9.17) is 39.5 Å². The molecule has 0 fully saturated rings. The Morgan fingerprint density at radius 2 is 1.84 bits per heavy atom. The van der Waals surface area contributed by atoms with Crippen molar-refractivity contribution in [3.05, 3.63) is 29.8 Å². The van der Waals surface area contributed by atoms with Gasteiger partial charge in [-0.15, -0.1) is 0 Å². The van der Waals surface area contributed by atoms with Crippen LogP contribution in [0.1, 0.15) is 11.6 Å². The van der Waals surface area contributed by atoms with Crippen molar-refractivity contribution >= 4 is 50.5 Å². The van der Waals surface area contributed by atoms with Crippen LogP contribution in [0.5, 0.6) is 0 Å². The second kappa shape index (κ2) is 5.13. The molecule has 0 N–H and O–H groups in total. The van der Waals surface area contributed by atoms with Crippen LogP contribution in [0.3, 0.4) is 0 Å². The first kappa shape index (κ1) is 14.9. The van der Waals surface area contributed by atoms with Crippen molar-refractivity contribution in [2.75, 3.05) is 12.9 Å². The molecule has 1 aromatic carbocycles. The minimum atomic E-state index is -3.21. The Morgan fingerprint density at radius 3 is 2.26 bits per heavy atom. The summed E-state index contributed by atoms with van der Waals surface area (Å²) in [5.74, 6) is 0.0506. The maximum atomic E-state index is 11.3. The van der Waals surface area contributed by atoms with E-state index in [0.717, 1.165) is 11.8 Å². The van der Waals surface area contributed by atoms with Gasteiger partial charge in [0.25, 0.3) is 3.79 Å². The summed E-state index contributed by atoms with van der Waals surface area (Å²) in [5.41, 5.74) is 0.802. The predicted octanol–water partition coefficient (Wildman–Crippen LogP) is 2.93. The highest BCUT2D eigenvalue weighted by atomic mass is 35.6. The number of hydrogen-bond donors (Lipinski definition) is 0. The zero-order chi connectivity index (χ0) is 14.3. The summed E-state index contributed by atoms with van der Waals surface area (Å²) in [5, 5.41) is 0.